The lowest BCUT2D eigenvalue weighted by Gasteiger charge is -2.39. The van der Waals surface area contributed by atoms with Gasteiger partial charge in [-0.05, 0) is 68.8 Å². The molecule has 3 unspecified atom stereocenters. The van der Waals surface area contributed by atoms with E-state index in [2.05, 4.69) is 17.4 Å². The van der Waals surface area contributed by atoms with Crippen LogP contribution in [0, 0.1) is 11.7 Å². The minimum atomic E-state index is -0.199. The fourth-order valence-electron chi connectivity index (χ4n) is 4.08. The minimum absolute atomic E-state index is 0.106. The summed E-state index contributed by atoms with van der Waals surface area (Å²) in [6.07, 6.45) is 5.44. The second-order valence-corrected chi connectivity index (χ2v) is 6.93. The highest BCUT2D eigenvalue weighted by Gasteiger charge is 2.40. The second-order valence-electron chi connectivity index (χ2n) is 6.49. The Labute approximate surface area is 130 Å². The van der Waals surface area contributed by atoms with Crippen molar-refractivity contribution in [1.29, 1.82) is 0 Å². The Hall–Kier alpha value is -0.680. The molecule has 0 saturated carbocycles. The normalized spacial score (nSPS) is 30.6. The zero-order valence-electron chi connectivity index (χ0n) is 12.4. The minimum Gasteiger partial charge on any atom is -0.300 e. The Kier molecular flexibility index (Phi) is 4.50. The van der Waals surface area contributed by atoms with E-state index in [1.54, 1.807) is 12.1 Å². The highest BCUT2D eigenvalue weighted by atomic mass is 35.5. The lowest BCUT2D eigenvalue weighted by molar-refractivity contribution is 0.112. The smallest absolute Gasteiger partial charge is 0.126 e. The van der Waals surface area contributed by atoms with Crippen molar-refractivity contribution in [2.75, 3.05) is 7.05 Å². The molecule has 0 amide bonds. The fraction of sp³-hybridized carbons (Fsp3) is 0.625. The van der Waals surface area contributed by atoms with E-state index in [1.165, 1.54) is 18.9 Å². The molecule has 1 aromatic carbocycles. The Morgan fingerprint density at radius 3 is 2.67 bits per heavy atom. The molecular formula is C16H23ClFN3. The predicted molar refractivity (Wildman–Crippen MR) is 83.5 cm³/mol. The number of halogens is 2. The first-order valence-electron chi connectivity index (χ1n) is 7.70. The molecule has 2 fully saturated rings. The third-order valence-corrected chi connectivity index (χ3v) is 5.60. The van der Waals surface area contributed by atoms with E-state index in [-0.39, 0.29) is 11.9 Å². The molecule has 3 rings (SSSR count). The maximum Gasteiger partial charge on any atom is 0.126 e. The van der Waals surface area contributed by atoms with Crippen LogP contribution in [0.2, 0.25) is 5.02 Å². The lowest BCUT2D eigenvalue weighted by Crippen LogP contribution is -2.49. The number of hydrogen-bond donors (Lipinski definition) is 2. The van der Waals surface area contributed by atoms with Crippen LogP contribution in [0.1, 0.15) is 31.2 Å². The van der Waals surface area contributed by atoms with Gasteiger partial charge in [0.15, 0.2) is 0 Å². The number of nitrogens with two attached hydrogens (primary N) is 1. The highest BCUT2D eigenvalue weighted by Crippen LogP contribution is 2.39. The molecule has 2 bridgehead atoms. The molecule has 116 valence electrons. The molecule has 2 heterocycles. The molecule has 0 aliphatic carbocycles. The standard InChI is InChI=1S/C16H23ClFN3/c1-21-13-3-4-14(21)8-11(7-13)16(20-19)9-10-6-12(17)2-5-15(10)18/h2,5-6,11,13-14,16,20H,3-4,7-9,19H2,1H3. The summed E-state index contributed by atoms with van der Waals surface area (Å²) in [6.45, 7) is 0. The van der Waals surface area contributed by atoms with Gasteiger partial charge in [-0.1, -0.05) is 11.6 Å². The number of nitrogens with zero attached hydrogens (tertiary/aromatic N) is 1. The molecule has 3 atom stereocenters. The van der Waals surface area contributed by atoms with E-state index >= 15 is 0 Å². The number of piperidine rings is 1. The Bertz CT molecular complexity index is 496. The SMILES string of the molecule is CN1C2CCC1CC(C(Cc1cc(Cl)ccc1F)NN)C2. The Morgan fingerprint density at radius 2 is 2.05 bits per heavy atom. The number of fused-ring (bicyclic) bond motifs is 2. The van der Waals surface area contributed by atoms with Crippen LogP contribution < -0.4 is 11.3 Å². The summed E-state index contributed by atoms with van der Waals surface area (Å²) < 4.78 is 13.9. The summed E-state index contributed by atoms with van der Waals surface area (Å²) in [5.74, 6) is 6.07. The topological polar surface area (TPSA) is 41.3 Å². The summed E-state index contributed by atoms with van der Waals surface area (Å²) in [4.78, 5) is 2.50. The zero-order valence-corrected chi connectivity index (χ0v) is 13.1. The monoisotopic (exact) mass is 311 g/mol. The van der Waals surface area contributed by atoms with Gasteiger partial charge in [0.2, 0.25) is 0 Å². The van der Waals surface area contributed by atoms with Gasteiger partial charge in [0.25, 0.3) is 0 Å². The molecule has 3 N–H and O–H groups in total. The maximum absolute atomic E-state index is 13.9. The summed E-state index contributed by atoms with van der Waals surface area (Å²) >= 11 is 5.98. The number of rotatable bonds is 4. The molecular weight excluding hydrogens is 289 g/mol. The van der Waals surface area contributed by atoms with Gasteiger partial charge in [-0.25, -0.2) is 4.39 Å². The van der Waals surface area contributed by atoms with Crippen LogP contribution >= 0.6 is 11.6 Å². The molecule has 5 heteroatoms. The van der Waals surface area contributed by atoms with Crippen LogP contribution in [0.3, 0.4) is 0 Å². The average molecular weight is 312 g/mol. The van der Waals surface area contributed by atoms with Gasteiger partial charge in [0, 0.05) is 23.1 Å². The first kappa shape index (κ1) is 15.2. The number of hydrazine groups is 1. The van der Waals surface area contributed by atoms with Crippen LogP contribution in [-0.4, -0.2) is 30.1 Å². The molecule has 2 aliphatic rings. The van der Waals surface area contributed by atoms with Crippen molar-refractivity contribution >= 4 is 11.6 Å². The van der Waals surface area contributed by atoms with Crippen LogP contribution in [0.15, 0.2) is 18.2 Å². The van der Waals surface area contributed by atoms with Gasteiger partial charge in [-0.15, -0.1) is 0 Å². The van der Waals surface area contributed by atoms with Crippen molar-refractivity contribution in [2.45, 2.75) is 50.2 Å². The Morgan fingerprint density at radius 1 is 1.38 bits per heavy atom. The van der Waals surface area contributed by atoms with Crippen molar-refractivity contribution < 1.29 is 4.39 Å². The molecule has 21 heavy (non-hydrogen) atoms. The molecule has 0 radical (unpaired) electrons. The summed E-state index contributed by atoms with van der Waals surface area (Å²) in [5.41, 5.74) is 3.57. The van der Waals surface area contributed by atoms with Crippen LogP contribution in [-0.2, 0) is 6.42 Å². The van der Waals surface area contributed by atoms with Crippen molar-refractivity contribution in [1.82, 2.24) is 10.3 Å². The fourth-order valence-corrected chi connectivity index (χ4v) is 4.28. The predicted octanol–water partition coefficient (Wildman–Crippen LogP) is 2.73. The molecule has 2 saturated heterocycles. The van der Waals surface area contributed by atoms with Gasteiger partial charge in [0.05, 0.1) is 0 Å². The van der Waals surface area contributed by atoms with Gasteiger partial charge >= 0.3 is 0 Å². The second kappa shape index (κ2) is 6.21. The third-order valence-electron chi connectivity index (χ3n) is 5.37. The number of benzene rings is 1. The van der Waals surface area contributed by atoms with Crippen LogP contribution in [0.4, 0.5) is 4.39 Å². The largest absolute Gasteiger partial charge is 0.300 e. The van der Waals surface area contributed by atoms with E-state index in [4.69, 9.17) is 17.4 Å². The quantitative estimate of drug-likeness (QED) is 0.663. The first-order chi connectivity index (χ1) is 10.1. The van der Waals surface area contributed by atoms with Crippen molar-refractivity contribution in [2.24, 2.45) is 11.8 Å². The summed E-state index contributed by atoms with van der Waals surface area (Å²) in [6, 6.07) is 6.16. The van der Waals surface area contributed by atoms with E-state index in [1.807, 2.05) is 0 Å². The van der Waals surface area contributed by atoms with E-state index in [0.29, 0.717) is 35.0 Å². The molecule has 2 aliphatic heterocycles. The van der Waals surface area contributed by atoms with Crippen molar-refractivity contribution in [3.05, 3.63) is 34.6 Å². The molecule has 0 spiro atoms. The van der Waals surface area contributed by atoms with Gasteiger partial charge in [0.1, 0.15) is 5.82 Å². The molecule has 1 aromatic rings. The zero-order chi connectivity index (χ0) is 15.0. The molecule has 0 aromatic heterocycles. The average Bonchev–Trinajstić information content (AvgIpc) is 2.69. The van der Waals surface area contributed by atoms with Crippen LogP contribution in [0.25, 0.3) is 0 Å². The Balaban J connectivity index is 1.72. The van der Waals surface area contributed by atoms with E-state index in [0.717, 1.165) is 12.8 Å². The van der Waals surface area contributed by atoms with Crippen molar-refractivity contribution in [3.8, 4) is 0 Å². The van der Waals surface area contributed by atoms with E-state index in [9.17, 15) is 4.39 Å². The van der Waals surface area contributed by atoms with Gasteiger partial charge < -0.3 is 4.90 Å². The van der Waals surface area contributed by atoms with Gasteiger partial charge in [-0.3, -0.25) is 11.3 Å². The van der Waals surface area contributed by atoms with Crippen molar-refractivity contribution in [3.63, 3.8) is 0 Å². The maximum atomic E-state index is 13.9. The van der Waals surface area contributed by atoms with E-state index < -0.39 is 0 Å². The third kappa shape index (κ3) is 3.09. The number of nitrogens with one attached hydrogen (secondary N) is 1. The first-order valence-corrected chi connectivity index (χ1v) is 8.08. The summed E-state index contributed by atoms with van der Waals surface area (Å²) in [5, 5.41) is 0.575. The van der Waals surface area contributed by atoms with Crippen LogP contribution in [0.5, 0.6) is 0 Å². The lowest BCUT2D eigenvalue weighted by atomic mass is 9.83. The number of hydrogen-bond acceptors (Lipinski definition) is 3. The molecule has 3 nitrogen and oxygen atoms in total. The van der Waals surface area contributed by atoms with Gasteiger partial charge in [-0.2, -0.15) is 0 Å². The summed E-state index contributed by atoms with van der Waals surface area (Å²) in [7, 11) is 2.22. The highest BCUT2D eigenvalue weighted by molar-refractivity contribution is 6.30.